The smallest absolute Gasteiger partial charge is 0.326 e. The number of aliphatic imine (C=N–C) groups is 1. The van der Waals surface area contributed by atoms with Crippen molar-refractivity contribution in [1.29, 1.82) is 0 Å². The number of para-hydroxylation sites is 2. The highest BCUT2D eigenvalue weighted by Gasteiger charge is 2.37. The summed E-state index contributed by atoms with van der Waals surface area (Å²) in [6.45, 7) is 1.57. The first-order valence-electron chi connectivity index (χ1n) is 30.9. The van der Waals surface area contributed by atoms with Crippen LogP contribution >= 0.6 is 25.3 Å². The Morgan fingerprint density at radius 3 is 1.32 bits per heavy atom. The minimum absolute atomic E-state index is 0.00736. The Labute approximate surface area is 558 Å². The van der Waals surface area contributed by atoms with Crippen molar-refractivity contribution in [2.24, 2.45) is 39.4 Å². The number of hydrogen-bond acceptors (Lipinski definition) is 19. The lowest BCUT2D eigenvalue weighted by molar-refractivity contribution is -0.142. The highest BCUT2D eigenvalue weighted by molar-refractivity contribution is 7.80. The summed E-state index contributed by atoms with van der Waals surface area (Å²) in [5.74, 6) is -13.4. The Bertz CT molecular complexity index is 3310. The largest absolute Gasteiger partial charge is 0.481 e. The summed E-state index contributed by atoms with van der Waals surface area (Å²) in [6.07, 6.45) is 0.925. The number of H-pyrrole nitrogens is 2. The van der Waals surface area contributed by atoms with Gasteiger partial charge in [-0.2, -0.15) is 25.3 Å². The molecular formula is C60H90N18O15S2. The number of aliphatic carboxylic acids is 2. The lowest BCUT2D eigenvalue weighted by Gasteiger charge is -2.28. The Kier molecular flexibility index (Phi) is 33.2. The van der Waals surface area contributed by atoms with Crippen LogP contribution in [0.3, 0.4) is 0 Å². The van der Waals surface area contributed by atoms with Crippen LogP contribution in [-0.4, -0.2) is 200 Å². The number of amides is 10. The Morgan fingerprint density at radius 2 is 0.874 bits per heavy atom. The quantitative estimate of drug-likeness (QED) is 0.00866. The number of guanidine groups is 1. The van der Waals surface area contributed by atoms with E-state index in [0.717, 1.165) is 17.8 Å². The zero-order valence-electron chi connectivity index (χ0n) is 52.6. The fraction of sp³-hybridized carbons (Fsp3) is 0.517. The van der Waals surface area contributed by atoms with Gasteiger partial charge in [0.2, 0.25) is 59.1 Å². The van der Waals surface area contributed by atoms with Crippen molar-refractivity contribution in [3.05, 3.63) is 72.1 Å². The van der Waals surface area contributed by atoms with Crippen molar-refractivity contribution in [2.75, 3.05) is 31.1 Å². The third kappa shape index (κ3) is 26.0. The van der Waals surface area contributed by atoms with Gasteiger partial charge in [-0.15, -0.1) is 0 Å². The van der Waals surface area contributed by atoms with Crippen molar-refractivity contribution in [3.63, 3.8) is 0 Å². The number of primary amides is 1. The number of aromatic nitrogens is 2. The Morgan fingerprint density at radius 1 is 0.484 bits per heavy atom. The van der Waals surface area contributed by atoms with Crippen LogP contribution in [-0.2, 0) is 70.4 Å². The predicted octanol–water partition coefficient (Wildman–Crippen LogP) is -4.11. The molecule has 0 saturated heterocycles. The third-order valence-electron chi connectivity index (χ3n) is 15.2. The maximum Gasteiger partial charge on any atom is 0.326 e. The van der Waals surface area contributed by atoms with Gasteiger partial charge in [0.1, 0.15) is 54.4 Å². The first-order chi connectivity index (χ1) is 45.2. The summed E-state index contributed by atoms with van der Waals surface area (Å²) >= 11 is 8.47. The van der Waals surface area contributed by atoms with Gasteiger partial charge in [-0.25, -0.2) is 4.79 Å². The van der Waals surface area contributed by atoms with E-state index in [1.807, 2.05) is 0 Å². The van der Waals surface area contributed by atoms with Crippen LogP contribution < -0.4 is 82.3 Å². The number of rotatable bonds is 44. The highest BCUT2D eigenvalue weighted by Crippen LogP contribution is 2.22. The van der Waals surface area contributed by atoms with E-state index < -0.39 is 162 Å². The first kappa shape index (κ1) is 78.4. The molecule has 0 spiro atoms. The number of nitrogens with zero attached hydrogens (tertiary/aromatic N) is 1. The van der Waals surface area contributed by atoms with Gasteiger partial charge in [0.25, 0.3) is 0 Å². The third-order valence-corrected chi connectivity index (χ3v) is 15.9. The number of carbonyl (C=O) groups excluding carboxylic acids is 10. The number of unbranched alkanes of at least 4 members (excludes halogenated alkanes) is 2. The molecule has 26 N–H and O–H groups in total. The molecule has 0 bridgehead atoms. The van der Waals surface area contributed by atoms with Crippen LogP contribution in [0, 0.1) is 0 Å². The van der Waals surface area contributed by atoms with Crippen LogP contribution in [0.5, 0.6) is 0 Å². The molecule has 0 unspecified atom stereocenters. The number of benzene rings is 2. The summed E-state index contributed by atoms with van der Waals surface area (Å²) in [6, 6.07) is -1.00. The number of carbonyl (C=O) groups is 12. The zero-order valence-corrected chi connectivity index (χ0v) is 54.4. The van der Waals surface area contributed by atoms with Crippen LogP contribution in [0.4, 0.5) is 0 Å². The second-order valence-electron chi connectivity index (χ2n) is 22.6. The van der Waals surface area contributed by atoms with E-state index >= 15 is 0 Å². The number of aliphatic hydroxyl groups excluding tert-OH is 1. The van der Waals surface area contributed by atoms with Crippen LogP contribution in [0.2, 0.25) is 0 Å². The average molecular weight is 1370 g/mol. The maximum atomic E-state index is 14.5. The van der Waals surface area contributed by atoms with Gasteiger partial charge in [0.15, 0.2) is 5.96 Å². The molecule has 4 aromatic rings. The number of hydrogen-bond donors (Lipinski definition) is 22. The lowest BCUT2D eigenvalue weighted by atomic mass is 10.0. The minimum Gasteiger partial charge on any atom is -0.481 e. The number of carboxylic acid groups (broad SMARTS) is 2. The molecule has 0 aliphatic rings. The van der Waals surface area contributed by atoms with E-state index in [1.54, 1.807) is 60.9 Å². The number of aromatic amines is 2. The van der Waals surface area contributed by atoms with Gasteiger partial charge in [-0.3, -0.25) is 57.7 Å². The van der Waals surface area contributed by atoms with Gasteiger partial charge in [-0.05, 0) is 107 Å². The van der Waals surface area contributed by atoms with Gasteiger partial charge in [-0.1, -0.05) is 36.4 Å². The number of nitrogens with one attached hydrogen (secondary N) is 11. The highest BCUT2D eigenvalue weighted by atomic mass is 32.1. The van der Waals surface area contributed by atoms with Gasteiger partial charge in [0.05, 0.1) is 12.1 Å². The summed E-state index contributed by atoms with van der Waals surface area (Å²) in [7, 11) is 0. The topological polar surface area (TPSA) is 574 Å². The number of thiol groups is 2. The minimum atomic E-state index is -1.92. The molecule has 35 heteroatoms. The SMILES string of the molecule is C[C@@H](O)[C@H](NC(=O)[C@H](CCC(=O)O)NC(=O)[C@H](Cc1c[nH]c2ccccc12)NC(=O)[C@H](CCCCN)NC(=O)[C@@H](N)CCC(N)=O)C(=O)N[C@@H](CS)C(=O)N[C@@H](CS)C(=O)N[C@@H](CCCN=C(N)N)C(=O)N[C@@H](CCCCN)C(=O)N[C@@H](Cc1c[nH]c2ccccc12)C(=O)O. The number of fused-ring (bicyclic) bond motifs is 2. The van der Waals surface area contributed by atoms with Crippen molar-refractivity contribution < 1.29 is 72.9 Å². The second kappa shape index (κ2) is 40.3. The van der Waals surface area contributed by atoms with Gasteiger partial charge in [0, 0.05) is 77.9 Å². The Hall–Kier alpha value is -9.03. The van der Waals surface area contributed by atoms with E-state index in [0.29, 0.717) is 47.7 Å². The van der Waals surface area contributed by atoms with E-state index in [9.17, 15) is 72.9 Å². The van der Waals surface area contributed by atoms with Crippen molar-refractivity contribution >= 4 is 124 Å². The molecule has 33 nitrogen and oxygen atoms in total. The van der Waals surface area contributed by atoms with E-state index in [4.69, 9.17) is 34.4 Å². The number of aliphatic hydroxyl groups is 1. The monoisotopic (exact) mass is 1370 g/mol. The molecule has 522 valence electrons. The molecule has 0 radical (unpaired) electrons. The molecule has 2 aromatic heterocycles. The van der Waals surface area contributed by atoms with Crippen LogP contribution in [0.1, 0.15) is 95.1 Å². The molecule has 11 atom stereocenters. The summed E-state index contributed by atoms with van der Waals surface area (Å²) in [4.78, 5) is 172. The van der Waals surface area contributed by atoms with Crippen molar-refractivity contribution in [2.45, 2.75) is 163 Å². The molecule has 10 amide bonds. The molecule has 0 saturated carbocycles. The van der Waals surface area contributed by atoms with Gasteiger partial charge < -0.3 is 108 Å². The fourth-order valence-electron chi connectivity index (χ4n) is 9.93. The number of carboxylic acids is 2. The van der Waals surface area contributed by atoms with Crippen molar-refractivity contribution in [1.82, 2.24) is 57.8 Å². The van der Waals surface area contributed by atoms with Crippen molar-refractivity contribution in [3.8, 4) is 0 Å². The predicted molar refractivity (Wildman–Crippen MR) is 357 cm³/mol. The lowest BCUT2D eigenvalue weighted by Crippen LogP contribution is -2.62. The summed E-state index contributed by atoms with van der Waals surface area (Å²) < 4.78 is 0. The van der Waals surface area contributed by atoms with E-state index in [-0.39, 0.29) is 77.0 Å². The second-order valence-corrected chi connectivity index (χ2v) is 23.3. The zero-order chi connectivity index (χ0) is 70.3. The maximum absolute atomic E-state index is 14.5. The first-order valence-corrected chi connectivity index (χ1v) is 32.2. The average Bonchev–Trinajstić information content (AvgIpc) is 1.74. The van der Waals surface area contributed by atoms with Crippen LogP contribution in [0.15, 0.2) is 65.9 Å². The molecule has 2 aromatic carbocycles. The molecule has 0 fully saturated rings. The van der Waals surface area contributed by atoms with Gasteiger partial charge >= 0.3 is 11.9 Å². The number of nitrogens with two attached hydrogens (primary N) is 6. The normalized spacial score (nSPS) is 14.7. The summed E-state index contributed by atoms with van der Waals surface area (Å²) in [5.41, 5.74) is 36.2. The molecule has 0 aliphatic heterocycles. The van der Waals surface area contributed by atoms with Crippen LogP contribution in [0.25, 0.3) is 21.8 Å². The molecule has 4 rings (SSSR count). The van der Waals surface area contributed by atoms with E-state index in [2.05, 4.69) is 88.1 Å². The van der Waals surface area contributed by atoms with E-state index in [1.165, 1.54) is 0 Å². The molecular weight excluding hydrogens is 1280 g/mol. The molecule has 2 heterocycles. The summed E-state index contributed by atoms with van der Waals surface area (Å²) in [5, 5.41) is 54.7. The standard InChI is InChI=1S/C60H90N18O15S2/c1-31(79)49(78-54(87)42(19-21-48(81)82)73-55(88)43(25-32-27-68-37-13-4-2-11-34(32)37)74-52(85)39(15-6-8-22-61)70-50(83)36(63)18-20-47(64)80)58(91)77-46(30-95)57(90)76-45(29-94)56(89)72-41(17-10-24-67-60(65)66)51(84)71-40(16-7-9-23-62)53(86)75-44(59(92)93)26-33-28-69-38-14-5-3-12-35(33)38/h2-5,11-14,27-28,31,36,39-46,49,68-69,79,94-95H,6-10,15-26,29-30,61-63H2,1H3,(H2,64,80)(H,70,83)(H,71,84)(H,72,89)(H,73,88)(H,74,85)(H,75,86)(H,76,90)(H,77,91)(H,78,87)(H,81,82)(H,92,93)(H4,65,66,67)/t31-,36+,39+,40+,41+,42+,43+,44+,45+,46+,49+/m1/s1. The molecule has 0 aliphatic carbocycles. The fourth-order valence-corrected chi connectivity index (χ4v) is 10.4. The Balaban J connectivity index is 1.53. The molecule has 95 heavy (non-hydrogen) atoms.